The van der Waals surface area contributed by atoms with Gasteiger partial charge in [-0.05, 0) is 55.7 Å². The molecule has 1 amide bonds. The molecule has 146 valence electrons. The lowest BCUT2D eigenvalue weighted by molar-refractivity contribution is 0.0993. The summed E-state index contributed by atoms with van der Waals surface area (Å²) < 4.78 is 3.49. The van der Waals surface area contributed by atoms with Crippen LogP contribution in [0.1, 0.15) is 53.1 Å². The molecule has 1 aliphatic heterocycles. The Morgan fingerprint density at radius 3 is 2.38 bits per heavy atom. The first-order valence-corrected chi connectivity index (χ1v) is 9.85. The van der Waals surface area contributed by atoms with Crippen molar-refractivity contribution in [1.82, 2.24) is 9.13 Å². The Morgan fingerprint density at radius 2 is 1.76 bits per heavy atom. The van der Waals surface area contributed by atoms with Gasteiger partial charge >= 0.3 is 0 Å². The minimum atomic E-state index is -0.370. The molecule has 0 spiro atoms. The highest BCUT2D eigenvalue weighted by atomic mass is 35.5. The summed E-state index contributed by atoms with van der Waals surface area (Å²) in [7, 11) is 7.95. The topological polar surface area (TPSA) is 47.2 Å². The molecule has 5 nitrogen and oxygen atoms in total. The van der Waals surface area contributed by atoms with Gasteiger partial charge in [0.15, 0.2) is 0 Å². The summed E-state index contributed by atoms with van der Waals surface area (Å²) in [6.07, 6.45) is 1.72. The van der Waals surface area contributed by atoms with Crippen molar-refractivity contribution in [3.63, 3.8) is 0 Å². The van der Waals surface area contributed by atoms with E-state index in [1.165, 1.54) is 4.57 Å². The molecule has 3 aromatic rings. The highest BCUT2D eigenvalue weighted by molar-refractivity contribution is 6.32. The summed E-state index contributed by atoms with van der Waals surface area (Å²) in [5.74, 6) is -0.132. The highest BCUT2D eigenvalue weighted by Crippen LogP contribution is 2.43. The highest BCUT2D eigenvalue weighted by Gasteiger charge is 2.43. The van der Waals surface area contributed by atoms with Gasteiger partial charge in [0.2, 0.25) is 0 Å². The fourth-order valence-electron chi connectivity index (χ4n) is 4.12. The van der Waals surface area contributed by atoms with Crippen molar-refractivity contribution in [3.8, 4) is 0 Å². The number of anilines is 1. The molecule has 2 radical (unpaired) electrons. The summed E-state index contributed by atoms with van der Waals surface area (Å²) in [5, 5.41) is 0.627. The number of aromatic nitrogens is 2. The van der Waals surface area contributed by atoms with Gasteiger partial charge in [-0.25, -0.2) is 0 Å². The number of carbonyl (C=O) groups excluding carboxylic acids is 1. The third kappa shape index (κ3) is 3.03. The maximum absolute atomic E-state index is 13.5. The van der Waals surface area contributed by atoms with Crippen LogP contribution in [0.3, 0.4) is 0 Å². The van der Waals surface area contributed by atoms with Gasteiger partial charge in [0.1, 0.15) is 13.9 Å². The van der Waals surface area contributed by atoms with Gasteiger partial charge in [-0.3, -0.25) is 14.5 Å². The van der Waals surface area contributed by atoms with E-state index in [0.29, 0.717) is 21.9 Å². The number of aryl methyl sites for hydroxylation is 2. The molecule has 1 aliphatic rings. The molecule has 0 saturated heterocycles. The van der Waals surface area contributed by atoms with Crippen LogP contribution in [-0.4, -0.2) is 22.9 Å². The Bertz CT molecular complexity index is 1180. The molecule has 0 bridgehead atoms. The summed E-state index contributed by atoms with van der Waals surface area (Å²) in [6, 6.07) is 10.5. The number of benzene rings is 1. The van der Waals surface area contributed by atoms with Crippen molar-refractivity contribution in [1.29, 1.82) is 0 Å². The number of halogens is 1. The lowest BCUT2D eigenvalue weighted by Crippen LogP contribution is -2.33. The smallest absolute Gasteiger partial charge is 0.261 e. The minimum absolute atomic E-state index is 0.0857. The number of rotatable bonds is 3. The maximum atomic E-state index is 13.5. The van der Waals surface area contributed by atoms with E-state index < -0.39 is 0 Å². The first-order chi connectivity index (χ1) is 13.7. The Morgan fingerprint density at radius 1 is 1.10 bits per heavy atom. The third-order valence-corrected chi connectivity index (χ3v) is 5.69. The van der Waals surface area contributed by atoms with E-state index in [4.69, 9.17) is 19.4 Å². The molecule has 3 heterocycles. The van der Waals surface area contributed by atoms with Gasteiger partial charge in [0.05, 0.1) is 16.9 Å². The molecule has 0 aliphatic carbocycles. The molecule has 4 rings (SSSR count). The predicted octanol–water partition coefficient (Wildman–Crippen LogP) is 3.27. The number of hydrogen-bond donors (Lipinski definition) is 0. The average Bonchev–Trinajstić information content (AvgIpc) is 3.12. The van der Waals surface area contributed by atoms with Gasteiger partial charge in [-0.2, -0.15) is 0 Å². The third-order valence-electron chi connectivity index (χ3n) is 5.44. The molecular weight excluding hydrogens is 385 g/mol. The van der Waals surface area contributed by atoms with Crippen LogP contribution < -0.4 is 16.1 Å². The molecule has 1 atom stereocenters. The Hall–Kier alpha value is -2.73. The molecular formula is C22H21BClN3O2. The van der Waals surface area contributed by atoms with E-state index >= 15 is 0 Å². The zero-order valence-electron chi connectivity index (χ0n) is 16.8. The van der Waals surface area contributed by atoms with E-state index in [2.05, 4.69) is 0 Å². The van der Waals surface area contributed by atoms with Crippen LogP contribution in [0.5, 0.6) is 0 Å². The molecule has 7 heteroatoms. The zero-order chi connectivity index (χ0) is 21.0. The van der Waals surface area contributed by atoms with Crippen LogP contribution in [0, 0.1) is 6.92 Å². The van der Waals surface area contributed by atoms with Crippen molar-refractivity contribution in [2.75, 3.05) is 4.90 Å². The van der Waals surface area contributed by atoms with Gasteiger partial charge in [-0.15, -0.1) is 0 Å². The van der Waals surface area contributed by atoms with Crippen LogP contribution >= 0.6 is 11.6 Å². The van der Waals surface area contributed by atoms with E-state index in [-0.39, 0.29) is 23.6 Å². The van der Waals surface area contributed by atoms with Gasteiger partial charge in [0.25, 0.3) is 11.5 Å². The standard InChI is InChI=1S/C22H21BClN3O2/c1-12(2)26-18(23)10-16-21(26)20(14-5-7-15(24)8-6-14)27(22(16)29)17-11-25(4)19(28)9-13(17)3/h5-12,20H,1-4H3. The van der Waals surface area contributed by atoms with Crippen molar-refractivity contribution in [2.24, 2.45) is 7.05 Å². The second-order valence-corrected chi connectivity index (χ2v) is 8.19. The number of hydrogen-bond acceptors (Lipinski definition) is 2. The first-order valence-electron chi connectivity index (χ1n) is 9.47. The van der Waals surface area contributed by atoms with E-state index in [0.717, 1.165) is 16.8 Å². The second-order valence-electron chi connectivity index (χ2n) is 7.75. The number of nitrogens with zero attached hydrogens (tertiary/aromatic N) is 3. The Kier molecular flexibility index (Phi) is 4.70. The van der Waals surface area contributed by atoms with Crippen LogP contribution in [0.4, 0.5) is 5.69 Å². The number of amides is 1. The normalized spacial score (nSPS) is 16.0. The van der Waals surface area contributed by atoms with Gasteiger partial charge in [0, 0.05) is 30.4 Å². The van der Waals surface area contributed by atoms with Crippen molar-refractivity contribution in [3.05, 3.63) is 80.4 Å². The maximum Gasteiger partial charge on any atom is 0.261 e. The number of carbonyl (C=O) groups is 1. The summed E-state index contributed by atoms with van der Waals surface area (Å²) >= 11 is 6.11. The summed E-state index contributed by atoms with van der Waals surface area (Å²) in [4.78, 5) is 27.3. The molecule has 2 aromatic heterocycles. The van der Waals surface area contributed by atoms with Crippen LogP contribution in [0.25, 0.3) is 0 Å². The van der Waals surface area contributed by atoms with Crippen molar-refractivity contribution < 1.29 is 4.79 Å². The van der Waals surface area contributed by atoms with E-state index in [1.807, 2.05) is 49.6 Å². The molecule has 0 N–H and O–H groups in total. The van der Waals surface area contributed by atoms with Gasteiger partial charge in [-0.1, -0.05) is 23.7 Å². The van der Waals surface area contributed by atoms with Crippen LogP contribution in [0.2, 0.25) is 5.02 Å². The Labute approximate surface area is 175 Å². The lowest BCUT2D eigenvalue weighted by Gasteiger charge is -2.30. The van der Waals surface area contributed by atoms with Crippen LogP contribution in [-0.2, 0) is 7.05 Å². The average molecular weight is 406 g/mol. The lowest BCUT2D eigenvalue weighted by atomic mass is 10.0. The van der Waals surface area contributed by atoms with Crippen LogP contribution in [0.15, 0.2) is 47.4 Å². The Balaban J connectivity index is 2.00. The summed E-state index contributed by atoms with van der Waals surface area (Å²) in [6.45, 7) is 5.93. The van der Waals surface area contributed by atoms with E-state index in [9.17, 15) is 9.59 Å². The quantitative estimate of drug-likeness (QED) is 0.628. The van der Waals surface area contributed by atoms with Crippen molar-refractivity contribution in [2.45, 2.75) is 32.9 Å². The number of pyridine rings is 1. The first kappa shape index (κ1) is 19.6. The SMILES string of the molecule is [B]c1cc2c(n1C(C)C)C(c1ccc(Cl)cc1)N(c1cn(C)c(=O)cc1C)C2=O. The fourth-order valence-corrected chi connectivity index (χ4v) is 4.24. The zero-order valence-corrected chi connectivity index (χ0v) is 17.6. The van der Waals surface area contributed by atoms with Gasteiger partial charge < -0.3 is 9.13 Å². The number of fused-ring (bicyclic) bond motifs is 1. The largest absolute Gasteiger partial charge is 0.353 e. The van der Waals surface area contributed by atoms with E-state index in [1.54, 1.807) is 30.3 Å². The molecule has 29 heavy (non-hydrogen) atoms. The minimum Gasteiger partial charge on any atom is -0.353 e. The second kappa shape index (κ2) is 6.96. The molecule has 0 saturated carbocycles. The monoisotopic (exact) mass is 405 g/mol. The predicted molar refractivity (Wildman–Crippen MR) is 117 cm³/mol. The fraction of sp³-hybridized carbons (Fsp3) is 0.273. The summed E-state index contributed by atoms with van der Waals surface area (Å²) in [5.41, 5.74) is 4.26. The molecule has 1 unspecified atom stereocenters. The molecule has 1 aromatic carbocycles. The van der Waals surface area contributed by atoms with Crippen molar-refractivity contribution >= 4 is 36.6 Å². The molecule has 0 fully saturated rings.